The SMILES string of the molecule is CCOC(=O)c1nc(N[C@H]2CC[C@@H](O)CC2)nc(Nc2ccccc2OC)c1N. The van der Waals surface area contributed by atoms with E-state index in [2.05, 4.69) is 20.6 Å². The lowest BCUT2D eigenvalue weighted by molar-refractivity contribution is 0.0521. The van der Waals surface area contributed by atoms with Gasteiger partial charge in [-0.2, -0.15) is 4.98 Å². The third-order valence-electron chi connectivity index (χ3n) is 4.80. The summed E-state index contributed by atoms with van der Waals surface area (Å²) >= 11 is 0. The molecule has 0 saturated heterocycles. The standard InChI is InChI=1S/C20H27N5O4/c1-3-29-19(27)17-16(21)18(23-14-6-4-5-7-15(14)28-2)25-20(24-17)22-12-8-10-13(26)11-9-12/h4-7,12-13,26H,3,8-11,21H2,1-2H3,(H2,22,23,24,25)/t12-,13+. The molecule has 1 aromatic carbocycles. The Morgan fingerprint density at radius 1 is 1.24 bits per heavy atom. The summed E-state index contributed by atoms with van der Waals surface area (Å²) in [4.78, 5) is 21.1. The summed E-state index contributed by atoms with van der Waals surface area (Å²) in [5.74, 6) is 0.559. The molecule has 1 saturated carbocycles. The van der Waals surface area contributed by atoms with E-state index in [9.17, 15) is 9.90 Å². The number of nitrogens with two attached hydrogens (primary N) is 1. The predicted molar refractivity (Wildman–Crippen MR) is 111 cm³/mol. The van der Waals surface area contributed by atoms with Crippen molar-refractivity contribution in [3.63, 3.8) is 0 Å². The van der Waals surface area contributed by atoms with Crippen molar-refractivity contribution in [3.05, 3.63) is 30.0 Å². The van der Waals surface area contributed by atoms with Crippen LogP contribution in [0, 0.1) is 0 Å². The zero-order valence-corrected chi connectivity index (χ0v) is 16.6. The molecule has 1 fully saturated rings. The summed E-state index contributed by atoms with van der Waals surface area (Å²) < 4.78 is 10.5. The van der Waals surface area contributed by atoms with E-state index in [-0.39, 0.29) is 41.9 Å². The van der Waals surface area contributed by atoms with Gasteiger partial charge in [-0.05, 0) is 44.7 Å². The van der Waals surface area contributed by atoms with Crippen molar-refractivity contribution in [3.8, 4) is 5.75 Å². The number of aromatic nitrogens is 2. The molecular formula is C20H27N5O4. The van der Waals surface area contributed by atoms with Crippen LogP contribution in [0.5, 0.6) is 5.75 Å². The number of rotatable bonds is 7. The van der Waals surface area contributed by atoms with Gasteiger partial charge in [0.05, 0.1) is 25.5 Å². The van der Waals surface area contributed by atoms with E-state index in [1.54, 1.807) is 20.1 Å². The summed E-state index contributed by atoms with van der Waals surface area (Å²) in [5, 5.41) is 16.1. The summed E-state index contributed by atoms with van der Waals surface area (Å²) in [6, 6.07) is 7.43. The van der Waals surface area contributed by atoms with Gasteiger partial charge < -0.3 is 30.9 Å². The Labute approximate surface area is 169 Å². The lowest BCUT2D eigenvalue weighted by atomic mass is 9.93. The maximum Gasteiger partial charge on any atom is 0.359 e. The van der Waals surface area contributed by atoms with E-state index in [4.69, 9.17) is 15.2 Å². The number of carbonyl (C=O) groups is 1. The minimum absolute atomic E-state index is 0.00223. The highest BCUT2D eigenvalue weighted by Gasteiger charge is 2.23. The van der Waals surface area contributed by atoms with Gasteiger partial charge in [0.15, 0.2) is 11.5 Å². The second kappa shape index (κ2) is 9.42. The average molecular weight is 401 g/mol. The van der Waals surface area contributed by atoms with E-state index >= 15 is 0 Å². The van der Waals surface area contributed by atoms with E-state index in [0.717, 1.165) is 12.8 Å². The molecule has 9 heteroatoms. The lowest BCUT2D eigenvalue weighted by Gasteiger charge is -2.26. The number of esters is 1. The van der Waals surface area contributed by atoms with Crippen LogP contribution in [0.3, 0.4) is 0 Å². The smallest absolute Gasteiger partial charge is 0.359 e. The summed E-state index contributed by atoms with van der Waals surface area (Å²) in [6.45, 7) is 1.93. The van der Waals surface area contributed by atoms with Crippen LogP contribution >= 0.6 is 0 Å². The fraction of sp³-hybridized carbons (Fsp3) is 0.450. The van der Waals surface area contributed by atoms with E-state index in [1.807, 2.05) is 18.2 Å². The van der Waals surface area contributed by atoms with Crippen LogP contribution in [-0.2, 0) is 4.74 Å². The van der Waals surface area contributed by atoms with Gasteiger partial charge in [0.25, 0.3) is 0 Å². The molecule has 0 radical (unpaired) electrons. The number of nitrogens with one attached hydrogen (secondary N) is 2. The van der Waals surface area contributed by atoms with Gasteiger partial charge in [0.1, 0.15) is 11.4 Å². The summed E-state index contributed by atoms with van der Waals surface area (Å²) in [7, 11) is 1.57. The Hall–Kier alpha value is -3.07. The highest BCUT2D eigenvalue weighted by Crippen LogP contribution is 2.31. The molecule has 0 atom stereocenters. The molecule has 0 amide bonds. The van der Waals surface area contributed by atoms with Gasteiger partial charge in [0.2, 0.25) is 5.95 Å². The fourth-order valence-electron chi connectivity index (χ4n) is 3.26. The molecular weight excluding hydrogens is 374 g/mol. The van der Waals surface area contributed by atoms with Gasteiger partial charge in [-0.1, -0.05) is 12.1 Å². The first kappa shape index (κ1) is 20.7. The zero-order valence-electron chi connectivity index (χ0n) is 16.6. The second-order valence-electron chi connectivity index (χ2n) is 6.85. The first-order valence-electron chi connectivity index (χ1n) is 9.71. The Morgan fingerprint density at radius 3 is 2.66 bits per heavy atom. The number of hydrogen-bond donors (Lipinski definition) is 4. The Balaban J connectivity index is 1.93. The largest absolute Gasteiger partial charge is 0.495 e. The normalized spacial score (nSPS) is 18.7. The average Bonchev–Trinajstić information content (AvgIpc) is 2.72. The number of methoxy groups -OCH3 is 1. The van der Waals surface area contributed by atoms with Crippen molar-refractivity contribution in [2.75, 3.05) is 30.1 Å². The maximum atomic E-state index is 12.4. The molecule has 2 aromatic rings. The molecule has 0 aliphatic heterocycles. The Bertz CT molecular complexity index is 853. The minimum atomic E-state index is -0.613. The molecule has 0 unspecified atom stereocenters. The molecule has 1 heterocycles. The van der Waals surface area contributed by atoms with Crippen LogP contribution < -0.4 is 21.1 Å². The summed E-state index contributed by atoms with van der Waals surface area (Å²) in [5.41, 5.74) is 6.93. The van der Waals surface area contributed by atoms with Crippen LogP contribution in [0.1, 0.15) is 43.1 Å². The van der Waals surface area contributed by atoms with Crippen molar-refractivity contribution < 1.29 is 19.4 Å². The van der Waals surface area contributed by atoms with Gasteiger partial charge in [-0.25, -0.2) is 9.78 Å². The van der Waals surface area contributed by atoms with Gasteiger partial charge in [-0.3, -0.25) is 0 Å². The van der Waals surface area contributed by atoms with Crippen LogP contribution in [0.2, 0.25) is 0 Å². The number of para-hydroxylation sites is 2. The molecule has 29 heavy (non-hydrogen) atoms. The van der Waals surface area contributed by atoms with Gasteiger partial charge in [0, 0.05) is 6.04 Å². The summed E-state index contributed by atoms with van der Waals surface area (Å²) in [6.07, 6.45) is 2.74. The molecule has 1 aromatic heterocycles. The first-order valence-corrected chi connectivity index (χ1v) is 9.71. The Kier molecular flexibility index (Phi) is 6.71. The Morgan fingerprint density at radius 2 is 1.97 bits per heavy atom. The second-order valence-corrected chi connectivity index (χ2v) is 6.85. The lowest BCUT2D eigenvalue weighted by Crippen LogP contribution is -2.29. The van der Waals surface area contributed by atoms with Crippen molar-refractivity contribution in [2.45, 2.75) is 44.8 Å². The van der Waals surface area contributed by atoms with Crippen LogP contribution in [0.15, 0.2) is 24.3 Å². The number of nitrogen functional groups attached to an aromatic ring is 1. The number of aliphatic hydroxyl groups is 1. The highest BCUT2D eigenvalue weighted by molar-refractivity contribution is 5.96. The monoisotopic (exact) mass is 401 g/mol. The molecule has 3 rings (SSSR count). The number of anilines is 4. The maximum absolute atomic E-state index is 12.4. The third kappa shape index (κ3) is 5.05. The topological polar surface area (TPSA) is 132 Å². The number of hydrogen-bond acceptors (Lipinski definition) is 9. The first-order chi connectivity index (χ1) is 14.0. The highest BCUT2D eigenvalue weighted by atomic mass is 16.5. The number of aliphatic hydroxyl groups excluding tert-OH is 1. The van der Waals surface area contributed by atoms with Crippen molar-refractivity contribution >= 4 is 29.1 Å². The number of benzene rings is 1. The fourth-order valence-corrected chi connectivity index (χ4v) is 3.26. The number of ether oxygens (including phenoxy) is 2. The third-order valence-corrected chi connectivity index (χ3v) is 4.80. The molecule has 1 aliphatic rings. The molecule has 9 nitrogen and oxygen atoms in total. The van der Waals surface area contributed by atoms with Crippen LogP contribution in [0.25, 0.3) is 0 Å². The van der Waals surface area contributed by atoms with Crippen molar-refractivity contribution in [1.82, 2.24) is 9.97 Å². The van der Waals surface area contributed by atoms with Crippen molar-refractivity contribution in [1.29, 1.82) is 0 Å². The van der Waals surface area contributed by atoms with E-state index in [1.165, 1.54) is 0 Å². The molecule has 0 spiro atoms. The number of nitrogens with zero attached hydrogens (tertiary/aromatic N) is 2. The molecule has 0 bridgehead atoms. The number of carbonyl (C=O) groups excluding carboxylic acids is 1. The van der Waals surface area contributed by atoms with Gasteiger partial charge >= 0.3 is 5.97 Å². The van der Waals surface area contributed by atoms with Crippen LogP contribution in [0.4, 0.5) is 23.1 Å². The molecule has 156 valence electrons. The van der Waals surface area contributed by atoms with Crippen molar-refractivity contribution in [2.24, 2.45) is 0 Å². The van der Waals surface area contributed by atoms with E-state index in [0.29, 0.717) is 24.3 Å². The quantitative estimate of drug-likeness (QED) is 0.517. The predicted octanol–water partition coefficient (Wildman–Crippen LogP) is 2.70. The molecule has 5 N–H and O–H groups in total. The van der Waals surface area contributed by atoms with Crippen LogP contribution in [-0.4, -0.2) is 46.9 Å². The zero-order chi connectivity index (χ0) is 20.8. The van der Waals surface area contributed by atoms with Gasteiger partial charge in [-0.15, -0.1) is 0 Å². The minimum Gasteiger partial charge on any atom is -0.495 e. The van der Waals surface area contributed by atoms with E-state index < -0.39 is 5.97 Å². The molecule has 1 aliphatic carbocycles.